The van der Waals surface area contributed by atoms with Gasteiger partial charge in [0.2, 0.25) is 5.91 Å². The summed E-state index contributed by atoms with van der Waals surface area (Å²) in [7, 11) is 0.233. The van der Waals surface area contributed by atoms with Gasteiger partial charge in [0.25, 0.3) is 0 Å². The van der Waals surface area contributed by atoms with Crippen molar-refractivity contribution in [3.05, 3.63) is 0 Å². The number of aliphatic hydroxyl groups is 4. The molecule has 9 nitrogen and oxygen atoms in total. The van der Waals surface area contributed by atoms with E-state index in [-0.39, 0.29) is 11.9 Å². The van der Waals surface area contributed by atoms with Gasteiger partial charge in [0.15, 0.2) is 5.44 Å². The van der Waals surface area contributed by atoms with Crippen molar-refractivity contribution in [2.24, 2.45) is 5.92 Å². The number of hydrogen-bond donors (Lipinski definition) is 5. The van der Waals surface area contributed by atoms with Gasteiger partial charge in [-0.25, -0.2) is 0 Å². The molecule has 0 aromatic carbocycles. The molecule has 2 aliphatic heterocycles. The molecule has 2 aliphatic rings. The van der Waals surface area contributed by atoms with Crippen molar-refractivity contribution in [2.75, 3.05) is 19.8 Å². The third-order valence-electron chi connectivity index (χ3n) is 5.75. The highest BCUT2D eigenvalue weighted by Crippen LogP contribution is 2.28. The van der Waals surface area contributed by atoms with Crippen LogP contribution in [0.1, 0.15) is 33.1 Å². The van der Waals surface area contributed by atoms with E-state index in [2.05, 4.69) is 12.2 Å². The minimum Gasteiger partial charge on any atom is -0.391 e. The molecule has 164 valence electrons. The minimum absolute atomic E-state index is 0.294. The Morgan fingerprint density at radius 2 is 1.93 bits per heavy atom. The number of amides is 1. The Hall–Kier alpha value is -0.620. The van der Waals surface area contributed by atoms with Crippen LogP contribution in [0.5, 0.6) is 0 Å². The maximum Gasteiger partial charge on any atom is 0.237 e. The molecule has 0 radical (unpaired) electrons. The normalized spacial score (nSPS) is 40.1. The zero-order chi connectivity index (χ0) is 21.2. The maximum atomic E-state index is 12.9. The van der Waals surface area contributed by atoms with Crippen LogP contribution in [0.3, 0.4) is 0 Å². The third kappa shape index (κ3) is 5.10. The summed E-state index contributed by atoms with van der Waals surface area (Å²) in [4.78, 5) is 14.8. The van der Waals surface area contributed by atoms with Gasteiger partial charge >= 0.3 is 0 Å². The van der Waals surface area contributed by atoms with Crippen LogP contribution in [0.4, 0.5) is 0 Å². The minimum atomic E-state index is -1.64. The number of likely N-dealkylation sites (N-methyl/N-ethyl adjacent to an activating group) is 1. The second-order valence-electron chi connectivity index (χ2n) is 8.06. The second-order valence-corrected chi connectivity index (χ2v) is 9.52. The predicted molar refractivity (Wildman–Crippen MR) is 104 cm³/mol. The molecular weight excluding hydrogens is 388 g/mol. The van der Waals surface area contributed by atoms with E-state index in [9.17, 15) is 29.4 Å². The van der Waals surface area contributed by atoms with Gasteiger partial charge in [-0.15, -0.1) is 0 Å². The molecule has 0 aliphatic carbocycles. The average Bonchev–Trinajstić information content (AvgIpc) is 2.98. The molecule has 0 aromatic heterocycles. The highest BCUT2D eigenvalue weighted by molar-refractivity contribution is 7.84. The van der Waals surface area contributed by atoms with Gasteiger partial charge < -0.3 is 30.5 Å². The SMILES string of the molecule is CCC[C@@H]1C[C@@H](C(=O)N[C@@H]([C@H]2O[C@@H]([S@@](C)=O)[C@H](O)[C@H](O)[C@H]2O)[C@@H](C)O)N(C)C1. The Balaban J connectivity index is 2.14. The fraction of sp³-hybridized carbons (Fsp3) is 0.944. The summed E-state index contributed by atoms with van der Waals surface area (Å²) < 4.78 is 17.4. The zero-order valence-electron chi connectivity index (χ0n) is 16.9. The number of carbonyl (C=O) groups excluding carboxylic acids is 1. The van der Waals surface area contributed by atoms with Crippen molar-refractivity contribution in [3.63, 3.8) is 0 Å². The first-order chi connectivity index (χ1) is 13.1. The van der Waals surface area contributed by atoms with E-state index in [4.69, 9.17) is 4.74 Å². The Morgan fingerprint density at radius 1 is 1.29 bits per heavy atom. The molecule has 28 heavy (non-hydrogen) atoms. The number of likely N-dealkylation sites (tertiary alicyclic amines) is 1. The summed E-state index contributed by atoms with van der Waals surface area (Å²) in [5, 5.41) is 43.4. The first kappa shape index (κ1) is 23.7. The van der Waals surface area contributed by atoms with Gasteiger partial charge in [0.05, 0.1) is 29.0 Å². The molecule has 0 saturated carbocycles. The molecule has 2 rings (SSSR count). The Labute approximate surface area is 168 Å². The topological polar surface area (TPSA) is 140 Å². The third-order valence-corrected chi connectivity index (χ3v) is 6.79. The van der Waals surface area contributed by atoms with Crippen molar-refractivity contribution in [1.29, 1.82) is 0 Å². The number of carbonyl (C=O) groups is 1. The first-order valence-electron chi connectivity index (χ1n) is 9.79. The smallest absolute Gasteiger partial charge is 0.237 e. The molecule has 10 atom stereocenters. The van der Waals surface area contributed by atoms with E-state index < -0.39 is 52.8 Å². The summed E-state index contributed by atoms with van der Waals surface area (Å²) in [5.41, 5.74) is -1.23. The average molecular weight is 423 g/mol. The first-order valence-corrected chi connectivity index (χ1v) is 11.4. The molecule has 1 amide bonds. The molecule has 10 heteroatoms. The molecule has 2 heterocycles. The van der Waals surface area contributed by atoms with Gasteiger partial charge in [-0.1, -0.05) is 13.3 Å². The molecule has 5 N–H and O–H groups in total. The van der Waals surface area contributed by atoms with Crippen LogP contribution < -0.4 is 5.32 Å². The summed E-state index contributed by atoms with van der Waals surface area (Å²) >= 11 is 0. The fourth-order valence-electron chi connectivity index (χ4n) is 4.21. The van der Waals surface area contributed by atoms with E-state index >= 15 is 0 Å². The summed E-state index contributed by atoms with van der Waals surface area (Å²) in [6.07, 6.45) is -2.90. The van der Waals surface area contributed by atoms with Gasteiger partial charge in [-0.05, 0) is 32.7 Å². The molecule has 2 fully saturated rings. The van der Waals surface area contributed by atoms with Crippen LogP contribution >= 0.6 is 0 Å². The van der Waals surface area contributed by atoms with Crippen molar-refractivity contribution in [1.82, 2.24) is 10.2 Å². The number of nitrogens with one attached hydrogen (secondary N) is 1. The van der Waals surface area contributed by atoms with Gasteiger partial charge in [0.1, 0.15) is 24.4 Å². The lowest BCUT2D eigenvalue weighted by molar-refractivity contribution is -0.212. The molecule has 0 spiro atoms. The van der Waals surface area contributed by atoms with Gasteiger partial charge in [0, 0.05) is 12.8 Å². The maximum absolute atomic E-state index is 12.9. The van der Waals surface area contributed by atoms with Crippen LogP contribution in [-0.2, 0) is 20.3 Å². The van der Waals surface area contributed by atoms with E-state index in [1.807, 2.05) is 11.9 Å². The Morgan fingerprint density at radius 3 is 2.46 bits per heavy atom. The molecular formula is C18H34N2O7S. The van der Waals surface area contributed by atoms with Gasteiger partial charge in [-0.3, -0.25) is 13.9 Å². The highest BCUT2D eigenvalue weighted by Gasteiger charge is 2.49. The van der Waals surface area contributed by atoms with Crippen molar-refractivity contribution < 1.29 is 34.2 Å². The predicted octanol–water partition coefficient (Wildman–Crippen LogP) is -1.84. The van der Waals surface area contributed by atoms with Crippen LogP contribution in [-0.4, -0.2) is 103 Å². The number of nitrogens with zero attached hydrogens (tertiary/aromatic N) is 1. The van der Waals surface area contributed by atoms with E-state index in [1.165, 1.54) is 13.2 Å². The van der Waals surface area contributed by atoms with Crippen LogP contribution in [0, 0.1) is 5.92 Å². The lowest BCUT2D eigenvalue weighted by Gasteiger charge is -2.43. The van der Waals surface area contributed by atoms with Gasteiger partial charge in [-0.2, -0.15) is 0 Å². The number of aliphatic hydroxyl groups excluding tert-OH is 4. The summed E-state index contributed by atoms with van der Waals surface area (Å²) in [6, 6.07) is -1.39. The van der Waals surface area contributed by atoms with Crippen LogP contribution in [0.25, 0.3) is 0 Å². The van der Waals surface area contributed by atoms with Crippen molar-refractivity contribution in [2.45, 2.75) is 81.1 Å². The second kappa shape index (κ2) is 9.92. The molecule has 0 unspecified atom stereocenters. The molecule has 2 saturated heterocycles. The van der Waals surface area contributed by atoms with Crippen molar-refractivity contribution in [3.8, 4) is 0 Å². The lowest BCUT2D eigenvalue weighted by Crippen LogP contribution is -2.66. The number of hydrogen-bond acceptors (Lipinski definition) is 8. The molecule has 0 bridgehead atoms. The number of ether oxygens (including phenoxy) is 1. The van der Waals surface area contributed by atoms with E-state index in [0.29, 0.717) is 12.3 Å². The van der Waals surface area contributed by atoms with E-state index in [0.717, 1.165) is 19.4 Å². The van der Waals surface area contributed by atoms with Crippen LogP contribution in [0.2, 0.25) is 0 Å². The zero-order valence-corrected chi connectivity index (χ0v) is 17.7. The quantitative estimate of drug-likeness (QED) is 0.322. The van der Waals surface area contributed by atoms with Crippen LogP contribution in [0.15, 0.2) is 0 Å². The summed E-state index contributed by atoms with van der Waals surface area (Å²) in [5.74, 6) is 0.133. The fourth-order valence-corrected chi connectivity index (χ4v) is 5.05. The monoisotopic (exact) mass is 422 g/mol. The Kier molecular flexibility index (Phi) is 8.38. The summed E-state index contributed by atoms with van der Waals surface area (Å²) in [6.45, 7) is 4.36. The van der Waals surface area contributed by atoms with E-state index in [1.54, 1.807) is 0 Å². The van der Waals surface area contributed by atoms with Crippen molar-refractivity contribution >= 4 is 16.7 Å². The molecule has 0 aromatic rings. The Bertz CT molecular complexity index is 564. The highest BCUT2D eigenvalue weighted by atomic mass is 32.2. The number of rotatable bonds is 7. The standard InChI is InChI=1S/C18H34N2O7S/c1-5-6-10-7-11(20(3)8-10)17(25)19-12(9(2)21)16-14(23)13(22)15(24)18(27-16)28(4)26/h9-16,18,21-24H,5-8H2,1-4H3,(H,19,25)/t9-,10-,11+,12-,13-,14-,15-,16-,18+,28-/m1/s1. The lowest BCUT2D eigenvalue weighted by atomic mass is 9.92. The largest absolute Gasteiger partial charge is 0.391 e.